The molecule has 0 saturated carbocycles. The number of aliphatic carboxylic acids is 1. The number of carboxylic acids is 1. The van der Waals surface area contributed by atoms with Gasteiger partial charge in [0.05, 0.1) is 0 Å². The third-order valence-corrected chi connectivity index (χ3v) is 1.63. The summed E-state index contributed by atoms with van der Waals surface area (Å²) >= 11 is 0. The predicted molar refractivity (Wildman–Crippen MR) is 48.4 cm³/mol. The fourth-order valence-electron chi connectivity index (χ4n) is 0.857. The lowest BCUT2D eigenvalue weighted by Crippen LogP contribution is -2.48. The fourth-order valence-corrected chi connectivity index (χ4v) is 0.857. The van der Waals surface area contributed by atoms with Crippen LogP contribution in [0.4, 0.5) is 0 Å². The Morgan fingerprint density at radius 2 is 2.08 bits per heavy atom. The van der Waals surface area contributed by atoms with Gasteiger partial charge in [0.15, 0.2) is 6.04 Å². The Bertz CT molecular complexity index is 182. The molecule has 5 heteroatoms. The molecule has 0 heterocycles. The molecule has 0 spiro atoms. The summed E-state index contributed by atoms with van der Waals surface area (Å²) in [6.07, 6.45) is 1.83. The second-order valence-electron chi connectivity index (χ2n) is 2.70. The molecule has 3 N–H and O–H groups in total. The molecule has 1 unspecified atom stereocenters. The Hall–Kier alpha value is -1.10. The normalized spacial score (nSPS) is 12.2. The summed E-state index contributed by atoms with van der Waals surface area (Å²) in [5.74, 6) is -1.64. The third kappa shape index (κ3) is 4.47. The highest BCUT2D eigenvalue weighted by atomic mass is 16.4. The highest BCUT2D eigenvalue weighted by molar-refractivity contribution is 6.01. The van der Waals surface area contributed by atoms with Gasteiger partial charge >= 0.3 is 5.97 Å². The Morgan fingerprint density at radius 1 is 1.46 bits per heavy atom. The first-order valence-corrected chi connectivity index (χ1v) is 4.31. The van der Waals surface area contributed by atoms with Gasteiger partial charge in [-0.25, -0.2) is 4.79 Å². The van der Waals surface area contributed by atoms with Crippen LogP contribution in [0.1, 0.15) is 19.8 Å². The molecule has 0 saturated heterocycles. The number of nitrogens with one attached hydrogen (secondary N) is 2. The molecule has 76 valence electrons. The lowest BCUT2D eigenvalue weighted by atomic mass is 10.2. The summed E-state index contributed by atoms with van der Waals surface area (Å²) < 4.78 is 0. The summed E-state index contributed by atoms with van der Waals surface area (Å²) in [6, 6.07) is -1.14. The maximum absolute atomic E-state index is 11.1. The molecule has 0 radical (unpaired) electrons. The number of carboxylic acid groups (broad SMARTS) is 1. The van der Waals surface area contributed by atoms with E-state index in [2.05, 4.69) is 10.6 Å². The number of hydrogen-bond acceptors (Lipinski definition) is 3. The number of likely N-dealkylation sites (N-methyl/N-ethyl adjacent to an activating group) is 1. The first-order chi connectivity index (χ1) is 6.13. The van der Waals surface area contributed by atoms with Crippen LogP contribution in [0.5, 0.6) is 0 Å². The number of rotatable bonds is 6. The van der Waals surface area contributed by atoms with Gasteiger partial charge in [0, 0.05) is 6.54 Å². The molecular formula is C8H16N2O3. The zero-order valence-electron chi connectivity index (χ0n) is 7.96. The Kier molecular flexibility index (Phi) is 5.88. The summed E-state index contributed by atoms with van der Waals surface area (Å²) in [7, 11) is 1.44. The van der Waals surface area contributed by atoms with E-state index in [1.807, 2.05) is 6.92 Å². The molecule has 1 amide bonds. The molecule has 0 aliphatic carbocycles. The molecule has 5 nitrogen and oxygen atoms in total. The zero-order valence-corrected chi connectivity index (χ0v) is 7.96. The van der Waals surface area contributed by atoms with Crippen LogP contribution in [0, 0.1) is 0 Å². The SMILES string of the molecule is CCCCNC(=O)C(NC)C(=O)O. The van der Waals surface area contributed by atoms with Crippen molar-refractivity contribution < 1.29 is 14.7 Å². The maximum atomic E-state index is 11.1. The summed E-state index contributed by atoms with van der Waals surface area (Å²) in [5, 5.41) is 13.5. The van der Waals surface area contributed by atoms with Crippen molar-refractivity contribution in [2.24, 2.45) is 0 Å². The molecule has 13 heavy (non-hydrogen) atoms. The molecular weight excluding hydrogens is 172 g/mol. The number of carbonyl (C=O) groups is 2. The largest absolute Gasteiger partial charge is 0.480 e. The van der Waals surface area contributed by atoms with Crippen molar-refractivity contribution in [3.8, 4) is 0 Å². The van der Waals surface area contributed by atoms with E-state index in [4.69, 9.17) is 5.11 Å². The third-order valence-electron chi connectivity index (χ3n) is 1.63. The van der Waals surface area contributed by atoms with Crippen LogP contribution in [-0.2, 0) is 9.59 Å². The van der Waals surface area contributed by atoms with Gasteiger partial charge in [0.2, 0.25) is 5.91 Å². The van der Waals surface area contributed by atoms with Crippen LogP contribution in [0.25, 0.3) is 0 Å². The van der Waals surface area contributed by atoms with Crippen molar-refractivity contribution in [1.82, 2.24) is 10.6 Å². The molecule has 0 aliphatic heterocycles. The van der Waals surface area contributed by atoms with E-state index in [9.17, 15) is 9.59 Å². The number of unbranched alkanes of at least 4 members (excludes halogenated alkanes) is 1. The molecule has 0 bridgehead atoms. The molecule has 1 atom stereocenters. The van der Waals surface area contributed by atoms with Gasteiger partial charge < -0.3 is 10.4 Å². The van der Waals surface area contributed by atoms with E-state index in [1.165, 1.54) is 7.05 Å². The van der Waals surface area contributed by atoms with Crippen LogP contribution >= 0.6 is 0 Å². The lowest BCUT2D eigenvalue weighted by Gasteiger charge is -2.10. The van der Waals surface area contributed by atoms with Crippen LogP contribution in [0.2, 0.25) is 0 Å². The van der Waals surface area contributed by atoms with Crippen LogP contribution in [0.15, 0.2) is 0 Å². The molecule has 0 fully saturated rings. The van der Waals surface area contributed by atoms with Crippen LogP contribution in [-0.4, -0.2) is 36.6 Å². The van der Waals surface area contributed by atoms with Gasteiger partial charge in [-0.2, -0.15) is 0 Å². The smallest absolute Gasteiger partial charge is 0.330 e. The number of carbonyl (C=O) groups excluding carboxylic acids is 1. The Balaban J connectivity index is 3.85. The number of amides is 1. The van der Waals surface area contributed by atoms with Crippen molar-refractivity contribution in [2.45, 2.75) is 25.8 Å². The summed E-state index contributed by atoms with van der Waals surface area (Å²) in [4.78, 5) is 21.6. The lowest BCUT2D eigenvalue weighted by molar-refractivity contribution is -0.143. The minimum absolute atomic E-state index is 0.483. The van der Waals surface area contributed by atoms with Gasteiger partial charge in [-0.05, 0) is 13.5 Å². The van der Waals surface area contributed by atoms with Crippen molar-refractivity contribution in [3.63, 3.8) is 0 Å². The summed E-state index contributed by atoms with van der Waals surface area (Å²) in [5.41, 5.74) is 0. The molecule has 0 aromatic heterocycles. The van der Waals surface area contributed by atoms with Crippen molar-refractivity contribution in [2.75, 3.05) is 13.6 Å². The van der Waals surface area contributed by atoms with Crippen molar-refractivity contribution >= 4 is 11.9 Å². The van der Waals surface area contributed by atoms with E-state index in [-0.39, 0.29) is 0 Å². The highest BCUT2D eigenvalue weighted by Gasteiger charge is 2.23. The van der Waals surface area contributed by atoms with E-state index in [1.54, 1.807) is 0 Å². The Morgan fingerprint density at radius 3 is 2.46 bits per heavy atom. The fraction of sp³-hybridized carbons (Fsp3) is 0.750. The van der Waals surface area contributed by atoms with E-state index < -0.39 is 17.9 Å². The van der Waals surface area contributed by atoms with Crippen LogP contribution < -0.4 is 10.6 Å². The van der Waals surface area contributed by atoms with Gasteiger partial charge in [-0.1, -0.05) is 13.3 Å². The van der Waals surface area contributed by atoms with E-state index in [0.29, 0.717) is 6.54 Å². The van der Waals surface area contributed by atoms with E-state index >= 15 is 0 Å². The first kappa shape index (κ1) is 11.9. The second-order valence-corrected chi connectivity index (χ2v) is 2.70. The second kappa shape index (κ2) is 6.42. The highest BCUT2D eigenvalue weighted by Crippen LogP contribution is 1.86. The standard InChI is InChI=1S/C8H16N2O3/c1-3-4-5-10-7(11)6(9-2)8(12)13/h6,9H,3-5H2,1-2H3,(H,10,11)(H,12,13). The number of hydrogen-bond donors (Lipinski definition) is 3. The van der Waals surface area contributed by atoms with E-state index in [0.717, 1.165) is 12.8 Å². The van der Waals surface area contributed by atoms with Crippen LogP contribution in [0.3, 0.4) is 0 Å². The van der Waals surface area contributed by atoms with Gasteiger partial charge in [-0.3, -0.25) is 10.1 Å². The predicted octanol–water partition coefficient (Wildman–Crippen LogP) is -0.425. The molecule has 0 aromatic rings. The Labute approximate surface area is 77.5 Å². The molecule has 0 aliphatic rings. The molecule has 0 rings (SSSR count). The topological polar surface area (TPSA) is 78.4 Å². The van der Waals surface area contributed by atoms with Crippen molar-refractivity contribution in [3.05, 3.63) is 0 Å². The van der Waals surface area contributed by atoms with Gasteiger partial charge in [0.25, 0.3) is 0 Å². The summed E-state index contributed by atoms with van der Waals surface area (Å²) in [6.45, 7) is 2.53. The quantitative estimate of drug-likeness (QED) is 0.390. The minimum Gasteiger partial charge on any atom is -0.480 e. The molecule has 0 aromatic carbocycles. The first-order valence-electron chi connectivity index (χ1n) is 4.31. The zero-order chi connectivity index (χ0) is 10.3. The van der Waals surface area contributed by atoms with Crippen molar-refractivity contribution in [1.29, 1.82) is 0 Å². The minimum atomic E-state index is -1.16. The van der Waals surface area contributed by atoms with Gasteiger partial charge in [-0.15, -0.1) is 0 Å². The average Bonchev–Trinajstić information content (AvgIpc) is 2.05. The monoisotopic (exact) mass is 188 g/mol. The average molecular weight is 188 g/mol. The maximum Gasteiger partial charge on any atom is 0.330 e. The van der Waals surface area contributed by atoms with Gasteiger partial charge in [0.1, 0.15) is 0 Å².